The van der Waals surface area contributed by atoms with Crippen molar-refractivity contribution in [1.82, 2.24) is 0 Å². The van der Waals surface area contributed by atoms with Crippen molar-refractivity contribution in [1.29, 1.82) is 0 Å². The summed E-state index contributed by atoms with van der Waals surface area (Å²) in [5.41, 5.74) is 0.975. The van der Waals surface area contributed by atoms with Gasteiger partial charge in [0.05, 0.1) is 12.0 Å². The summed E-state index contributed by atoms with van der Waals surface area (Å²) in [5, 5.41) is 0. The molecule has 0 radical (unpaired) electrons. The van der Waals surface area contributed by atoms with Crippen LogP contribution < -0.4 is 9.47 Å². The summed E-state index contributed by atoms with van der Waals surface area (Å²) in [7, 11) is 0. The normalized spacial score (nSPS) is 16.4. The van der Waals surface area contributed by atoms with Gasteiger partial charge in [-0.25, -0.2) is 0 Å². The molecular weight excluding hydrogens is 228 g/mol. The van der Waals surface area contributed by atoms with Crippen molar-refractivity contribution in [3.8, 4) is 23.8 Å². The molecule has 1 aliphatic heterocycles. The highest BCUT2D eigenvalue weighted by molar-refractivity contribution is 6.01. The van der Waals surface area contributed by atoms with Crippen LogP contribution in [0.3, 0.4) is 0 Å². The molecule has 0 spiro atoms. The van der Waals surface area contributed by atoms with Gasteiger partial charge < -0.3 is 9.47 Å². The summed E-state index contributed by atoms with van der Waals surface area (Å²) in [4.78, 5) is 12.0. The van der Waals surface area contributed by atoms with Gasteiger partial charge in [-0.1, -0.05) is 5.92 Å². The molecule has 2 rings (SSSR count). The molecule has 1 heterocycles. The van der Waals surface area contributed by atoms with E-state index in [0.29, 0.717) is 23.5 Å². The third-order valence-electron chi connectivity index (χ3n) is 2.93. The number of hydrogen-bond donors (Lipinski definition) is 0. The Morgan fingerprint density at radius 1 is 1.50 bits per heavy atom. The maximum atomic E-state index is 12.0. The maximum Gasteiger partial charge on any atom is 0.170 e. The molecule has 0 saturated heterocycles. The first-order valence-electron chi connectivity index (χ1n) is 5.87. The van der Waals surface area contributed by atoms with Crippen LogP contribution >= 0.6 is 0 Å². The van der Waals surface area contributed by atoms with Crippen molar-refractivity contribution < 1.29 is 14.3 Å². The van der Waals surface area contributed by atoms with E-state index in [1.165, 1.54) is 0 Å². The molecule has 0 atom stereocenters. The predicted octanol–water partition coefficient (Wildman–Crippen LogP) is 2.75. The number of ketones is 1. The van der Waals surface area contributed by atoms with Crippen LogP contribution in [0.25, 0.3) is 0 Å². The van der Waals surface area contributed by atoms with Crippen LogP contribution in [0.2, 0.25) is 0 Å². The van der Waals surface area contributed by atoms with E-state index in [9.17, 15) is 4.79 Å². The van der Waals surface area contributed by atoms with Crippen LogP contribution in [0.4, 0.5) is 0 Å². The number of carbonyl (C=O) groups is 1. The van der Waals surface area contributed by atoms with E-state index in [4.69, 9.17) is 15.9 Å². The van der Waals surface area contributed by atoms with Gasteiger partial charge in [-0.3, -0.25) is 4.79 Å². The van der Waals surface area contributed by atoms with Crippen LogP contribution in [0.15, 0.2) is 12.1 Å². The molecule has 1 aromatic rings. The minimum atomic E-state index is -0.473. The third kappa shape index (κ3) is 2.19. The minimum Gasteiger partial charge on any atom is -0.486 e. The highest BCUT2D eigenvalue weighted by atomic mass is 16.5. The van der Waals surface area contributed by atoms with Gasteiger partial charge in [-0.2, -0.15) is 0 Å². The molecule has 0 amide bonds. The van der Waals surface area contributed by atoms with Crippen molar-refractivity contribution in [2.75, 3.05) is 6.61 Å². The topological polar surface area (TPSA) is 35.5 Å². The van der Waals surface area contributed by atoms with Crippen molar-refractivity contribution >= 4 is 5.78 Å². The Labute approximate surface area is 107 Å². The van der Waals surface area contributed by atoms with Gasteiger partial charge >= 0.3 is 0 Å². The van der Waals surface area contributed by atoms with Crippen LogP contribution in [0, 0.1) is 19.3 Å². The Morgan fingerprint density at radius 3 is 2.89 bits per heavy atom. The second kappa shape index (κ2) is 4.38. The van der Waals surface area contributed by atoms with Crippen LogP contribution in [-0.2, 0) is 0 Å². The molecule has 18 heavy (non-hydrogen) atoms. The number of fused-ring (bicyclic) bond motifs is 1. The molecule has 94 valence electrons. The number of ether oxygens (including phenoxy) is 2. The number of benzene rings is 1. The fourth-order valence-corrected chi connectivity index (χ4v) is 2.09. The van der Waals surface area contributed by atoms with Gasteiger partial charge in [0.15, 0.2) is 5.78 Å². The summed E-state index contributed by atoms with van der Waals surface area (Å²) in [6.07, 6.45) is 5.56. The standard InChI is InChI=1S/C15H16O3/c1-5-8-17-13-7-6-11-12(16)9-15(3,4)18-14(11)10(13)2/h1,6-7H,8-9H2,2-4H3. The highest BCUT2D eigenvalue weighted by Crippen LogP contribution is 2.39. The molecule has 1 aliphatic rings. The molecule has 3 heteroatoms. The zero-order chi connectivity index (χ0) is 13.3. The van der Waals surface area contributed by atoms with E-state index in [2.05, 4.69) is 5.92 Å². The summed E-state index contributed by atoms with van der Waals surface area (Å²) in [6.45, 7) is 5.89. The highest BCUT2D eigenvalue weighted by Gasteiger charge is 2.34. The average Bonchev–Trinajstić information content (AvgIpc) is 2.28. The van der Waals surface area contributed by atoms with Crippen molar-refractivity contribution in [2.24, 2.45) is 0 Å². The summed E-state index contributed by atoms with van der Waals surface area (Å²) < 4.78 is 11.3. The molecule has 1 aromatic carbocycles. The Balaban J connectivity index is 2.45. The predicted molar refractivity (Wildman–Crippen MR) is 69.2 cm³/mol. The van der Waals surface area contributed by atoms with Gasteiger partial charge in [0.1, 0.15) is 23.7 Å². The third-order valence-corrected chi connectivity index (χ3v) is 2.93. The van der Waals surface area contributed by atoms with E-state index >= 15 is 0 Å². The summed E-state index contributed by atoms with van der Waals surface area (Å²) in [6, 6.07) is 3.51. The zero-order valence-electron chi connectivity index (χ0n) is 10.9. The largest absolute Gasteiger partial charge is 0.486 e. The number of Topliss-reactive ketones (excluding diaryl/α,β-unsaturated/α-hetero) is 1. The van der Waals surface area contributed by atoms with Crippen LogP contribution in [-0.4, -0.2) is 18.0 Å². The smallest absolute Gasteiger partial charge is 0.170 e. The molecule has 0 aliphatic carbocycles. The first-order chi connectivity index (χ1) is 8.44. The fraction of sp³-hybridized carbons (Fsp3) is 0.400. The molecular formula is C15H16O3. The monoisotopic (exact) mass is 244 g/mol. The quantitative estimate of drug-likeness (QED) is 0.750. The lowest BCUT2D eigenvalue weighted by Gasteiger charge is -2.32. The lowest BCUT2D eigenvalue weighted by molar-refractivity contribution is 0.0613. The SMILES string of the molecule is C#CCOc1ccc2c(c1C)OC(C)(C)CC2=O. The zero-order valence-corrected chi connectivity index (χ0v) is 10.9. The fourth-order valence-electron chi connectivity index (χ4n) is 2.09. The molecule has 0 saturated carbocycles. The molecule has 3 nitrogen and oxygen atoms in total. The second-order valence-electron chi connectivity index (χ2n) is 5.02. The number of rotatable bonds is 2. The van der Waals surface area contributed by atoms with E-state index in [-0.39, 0.29) is 12.4 Å². The van der Waals surface area contributed by atoms with Gasteiger partial charge in [0.2, 0.25) is 0 Å². The van der Waals surface area contributed by atoms with Gasteiger partial charge in [-0.15, -0.1) is 6.42 Å². The molecule has 0 unspecified atom stereocenters. The Morgan fingerprint density at radius 2 is 2.22 bits per heavy atom. The Hall–Kier alpha value is -1.95. The molecule has 0 aromatic heterocycles. The molecule has 0 N–H and O–H groups in total. The van der Waals surface area contributed by atoms with E-state index in [0.717, 1.165) is 5.56 Å². The van der Waals surface area contributed by atoms with E-state index < -0.39 is 5.60 Å². The van der Waals surface area contributed by atoms with E-state index in [1.54, 1.807) is 12.1 Å². The first kappa shape index (κ1) is 12.5. The average molecular weight is 244 g/mol. The van der Waals surface area contributed by atoms with Crippen LogP contribution in [0.1, 0.15) is 36.2 Å². The summed E-state index contributed by atoms with van der Waals surface area (Å²) >= 11 is 0. The van der Waals surface area contributed by atoms with Crippen molar-refractivity contribution in [3.05, 3.63) is 23.3 Å². The number of terminal acetylenes is 1. The van der Waals surface area contributed by atoms with Gasteiger partial charge in [0, 0.05) is 5.56 Å². The van der Waals surface area contributed by atoms with Crippen LogP contribution in [0.5, 0.6) is 11.5 Å². The maximum absolute atomic E-state index is 12.0. The lowest BCUT2D eigenvalue weighted by atomic mass is 9.91. The second-order valence-corrected chi connectivity index (χ2v) is 5.02. The first-order valence-corrected chi connectivity index (χ1v) is 5.87. The summed E-state index contributed by atoms with van der Waals surface area (Å²) in [5.74, 6) is 3.80. The molecule has 0 fully saturated rings. The van der Waals surface area contributed by atoms with Crippen molar-refractivity contribution in [3.63, 3.8) is 0 Å². The molecule has 0 bridgehead atoms. The van der Waals surface area contributed by atoms with Gasteiger partial charge in [0.25, 0.3) is 0 Å². The van der Waals surface area contributed by atoms with Crippen molar-refractivity contribution in [2.45, 2.75) is 32.8 Å². The van der Waals surface area contributed by atoms with E-state index in [1.807, 2.05) is 20.8 Å². The Bertz CT molecular complexity index is 535. The number of carbonyl (C=O) groups excluding carboxylic acids is 1. The lowest BCUT2D eigenvalue weighted by Crippen LogP contribution is -2.36. The van der Waals surface area contributed by atoms with Gasteiger partial charge in [-0.05, 0) is 32.9 Å². The Kier molecular flexibility index (Phi) is 3.04. The number of hydrogen-bond acceptors (Lipinski definition) is 3. The minimum absolute atomic E-state index is 0.104.